The molecule has 1 saturated heterocycles. The van der Waals surface area contributed by atoms with Gasteiger partial charge in [0.1, 0.15) is 0 Å². The van der Waals surface area contributed by atoms with Crippen molar-refractivity contribution in [1.82, 2.24) is 0 Å². The van der Waals surface area contributed by atoms with Crippen LogP contribution in [0.25, 0.3) is 0 Å². The Balaban J connectivity index is 1.62. The Bertz CT molecular complexity index is 837. The molecule has 27 heavy (non-hydrogen) atoms. The summed E-state index contributed by atoms with van der Waals surface area (Å²) in [7, 11) is 0. The summed E-state index contributed by atoms with van der Waals surface area (Å²) in [5.74, 6) is 0. The van der Waals surface area contributed by atoms with Gasteiger partial charge >= 0.3 is 6.18 Å². The minimum absolute atomic E-state index is 0.0431. The fourth-order valence-electron chi connectivity index (χ4n) is 3.15. The van der Waals surface area contributed by atoms with Gasteiger partial charge < -0.3 is 10.2 Å². The lowest BCUT2D eigenvalue weighted by atomic mass is 10.0. The molecule has 2 aromatic rings. The molecule has 0 atom stereocenters. The summed E-state index contributed by atoms with van der Waals surface area (Å²) in [6, 6.07) is 9.57. The van der Waals surface area contributed by atoms with E-state index in [9.17, 15) is 23.3 Å². The van der Waals surface area contributed by atoms with Crippen LogP contribution in [0.4, 0.5) is 30.2 Å². The molecular weight excluding hydrogens is 383 g/mol. The lowest BCUT2D eigenvalue weighted by molar-refractivity contribution is -0.384. The van der Waals surface area contributed by atoms with E-state index in [1.54, 1.807) is 12.1 Å². The van der Waals surface area contributed by atoms with Gasteiger partial charge in [0, 0.05) is 37.0 Å². The zero-order valence-corrected chi connectivity index (χ0v) is 14.9. The zero-order chi connectivity index (χ0) is 19.6. The fraction of sp³-hybridized carbons (Fsp3) is 0.333. The molecule has 0 aliphatic carbocycles. The lowest BCUT2D eigenvalue weighted by Gasteiger charge is -2.34. The summed E-state index contributed by atoms with van der Waals surface area (Å²) in [6.07, 6.45) is -2.94. The van der Waals surface area contributed by atoms with E-state index < -0.39 is 16.7 Å². The van der Waals surface area contributed by atoms with Gasteiger partial charge in [-0.25, -0.2) is 0 Å². The highest BCUT2D eigenvalue weighted by molar-refractivity contribution is 6.33. The highest BCUT2D eigenvalue weighted by Gasteiger charge is 2.30. The van der Waals surface area contributed by atoms with Gasteiger partial charge in [-0.3, -0.25) is 10.1 Å². The van der Waals surface area contributed by atoms with E-state index in [-0.39, 0.29) is 11.7 Å². The van der Waals surface area contributed by atoms with Crippen molar-refractivity contribution in [3.8, 4) is 0 Å². The third-order valence-corrected chi connectivity index (χ3v) is 4.84. The molecule has 5 nitrogen and oxygen atoms in total. The number of alkyl halides is 3. The van der Waals surface area contributed by atoms with Crippen molar-refractivity contribution in [3.05, 3.63) is 63.2 Å². The van der Waals surface area contributed by atoms with Crippen LogP contribution < -0.4 is 10.2 Å². The van der Waals surface area contributed by atoms with Crippen LogP contribution in [0.5, 0.6) is 0 Å². The second-order valence-corrected chi connectivity index (χ2v) is 6.78. The first-order chi connectivity index (χ1) is 12.7. The van der Waals surface area contributed by atoms with E-state index in [0.717, 1.165) is 17.8 Å². The number of nitrogens with one attached hydrogen (secondary N) is 1. The third kappa shape index (κ3) is 4.63. The molecule has 9 heteroatoms. The molecule has 0 aromatic heterocycles. The first-order valence-corrected chi connectivity index (χ1v) is 8.74. The van der Waals surface area contributed by atoms with Gasteiger partial charge in [-0.1, -0.05) is 17.7 Å². The number of nitro groups is 1. The van der Waals surface area contributed by atoms with E-state index in [1.165, 1.54) is 18.2 Å². The molecule has 1 fully saturated rings. The van der Waals surface area contributed by atoms with Crippen LogP contribution in [0.3, 0.4) is 0 Å². The second kappa shape index (κ2) is 7.64. The van der Waals surface area contributed by atoms with Crippen LogP contribution in [0.15, 0.2) is 42.5 Å². The van der Waals surface area contributed by atoms with Gasteiger partial charge in [-0.15, -0.1) is 0 Å². The highest BCUT2D eigenvalue weighted by Crippen LogP contribution is 2.33. The van der Waals surface area contributed by atoms with Crippen molar-refractivity contribution in [3.63, 3.8) is 0 Å². The number of hydrogen-bond donors (Lipinski definition) is 1. The van der Waals surface area contributed by atoms with E-state index in [0.29, 0.717) is 36.6 Å². The average Bonchev–Trinajstić information content (AvgIpc) is 2.62. The molecule has 0 saturated carbocycles. The van der Waals surface area contributed by atoms with E-state index in [4.69, 9.17) is 11.6 Å². The number of nitrogens with zero attached hydrogens (tertiary/aromatic N) is 2. The molecule has 2 aromatic carbocycles. The Labute approximate surface area is 158 Å². The van der Waals surface area contributed by atoms with Crippen molar-refractivity contribution >= 4 is 28.7 Å². The van der Waals surface area contributed by atoms with E-state index in [1.807, 2.05) is 4.90 Å². The van der Waals surface area contributed by atoms with Gasteiger partial charge in [0.2, 0.25) is 0 Å². The molecule has 1 heterocycles. The highest BCUT2D eigenvalue weighted by atomic mass is 35.5. The summed E-state index contributed by atoms with van der Waals surface area (Å²) in [5.41, 5.74) is 0.420. The first kappa shape index (κ1) is 19.3. The quantitative estimate of drug-likeness (QED) is 0.556. The van der Waals surface area contributed by atoms with Gasteiger partial charge in [0.05, 0.1) is 21.2 Å². The van der Waals surface area contributed by atoms with Crippen LogP contribution in [-0.2, 0) is 6.18 Å². The topological polar surface area (TPSA) is 58.4 Å². The first-order valence-electron chi connectivity index (χ1n) is 8.37. The SMILES string of the molecule is O=[N+]([O-])c1ccc(N2CCC(Nc3cccc(C(F)(F)F)c3)CC2)c(Cl)c1. The van der Waals surface area contributed by atoms with Gasteiger partial charge in [-0.2, -0.15) is 13.2 Å². The van der Waals surface area contributed by atoms with Gasteiger partial charge in [-0.05, 0) is 37.1 Å². The van der Waals surface area contributed by atoms with Crippen molar-refractivity contribution in [2.24, 2.45) is 0 Å². The second-order valence-electron chi connectivity index (χ2n) is 6.38. The van der Waals surface area contributed by atoms with Crippen molar-refractivity contribution < 1.29 is 18.1 Å². The molecule has 0 bridgehead atoms. The number of nitro benzene ring substituents is 1. The number of halogens is 4. The van der Waals surface area contributed by atoms with Crippen molar-refractivity contribution in [1.29, 1.82) is 0 Å². The number of anilines is 2. The third-order valence-electron chi connectivity index (χ3n) is 4.54. The Morgan fingerprint density at radius 1 is 1.15 bits per heavy atom. The predicted octanol–water partition coefficient (Wildman–Crippen LogP) is 5.35. The van der Waals surface area contributed by atoms with Crippen LogP contribution in [0.1, 0.15) is 18.4 Å². The Morgan fingerprint density at radius 3 is 2.44 bits per heavy atom. The van der Waals surface area contributed by atoms with Gasteiger partial charge in [0.15, 0.2) is 0 Å². The number of hydrogen-bond acceptors (Lipinski definition) is 4. The smallest absolute Gasteiger partial charge is 0.382 e. The average molecular weight is 400 g/mol. The number of piperidine rings is 1. The van der Waals surface area contributed by atoms with Crippen LogP contribution in [0, 0.1) is 10.1 Å². The monoisotopic (exact) mass is 399 g/mol. The predicted molar refractivity (Wildman–Crippen MR) is 98.4 cm³/mol. The Morgan fingerprint density at radius 2 is 1.85 bits per heavy atom. The molecule has 0 spiro atoms. The maximum Gasteiger partial charge on any atom is 0.416 e. The Kier molecular flexibility index (Phi) is 5.46. The van der Waals surface area contributed by atoms with Gasteiger partial charge in [0.25, 0.3) is 5.69 Å². The number of benzene rings is 2. The summed E-state index contributed by atoms with van der Waals surface area (Å²) in [5, 5.41) is 14.3. The summed E-state index contributed by atoms with van der Waals surface area (Å²) < 4.78 is 38.4. The number of rotatable bonds is 4. The van der Waals surface area contributed by atoms with E-state index >= 15 is 0 Å². The minimum Gasteiger partial charge on any atom is -0.382 e. The standard InChI is InChI=1S/C18H17ClF3N3O2/c19-16-11-15(25(26)27)4-5-17(16)24-8-6-13(7-9-24)23-14-3-1-2-12(10-14)18(20,21)22/h1-5,10-11,13,23H,6-9H2. The molecule has 3 rings (SSSR count). The zero-order valence-electron chi connectivity index (χ0n) is 14.2. The van der Waals surface area contributed by atoms with E-state index in [2.05, 4.69) is 5.32 Å². The molecule has 1 aliphatic rings. The maximum atomic E-state index is 12.8. The summed E-state index contributed by atoms with van der Waals surface area (Å²) >= 11 is 6.16. The molecule has 1 N–H and O–H groups in total. The largest absolute Gasteiger partial charge is 0.416 e. The molecule has 144 valence electrons. The molecule has 0 radical (unpaired) electrons. The van der Waals surface area contributed by atoms with Crippen LogP contribution in [0.2, 0.25) is 5.02 Å². The normalized spacial score (nSPS) is 15.6. The van der Waals surface area contributed by atoms with Crippen LogP contribution >= 0.6 is 11.6 Å². The Hall–Kier alpha value is -2.48. The fourth-order valence-corrected chi connectivity index (χ4v) is 3.45. The maximum absolute atomic E-state index is 12.8. The summed E-state index contributed by atoms with van der Waals surface area (Å²) in [4.78, 5) is 12.3. The number of non-ortho nitro benzene ring substituents is 1. The lowest BCUT2D eigenvalue weighted by Crippen LogP contribution is -2.39. The molecule has 0 unspecified atom stereocenters. The van der Waals surface area contributed by atoms with Crippen molar-refractivity contribution in [2.45, 2.75) is 25.1 Å². The summed E-state index contributed by atoms with van der Waals surface area (Å²) in [6.45, 7) is 1.29. The van der Waals surface area contributed by atoms with Crippen LogP contribution in [-0.4, -0.2) is 24.1 Å². The molecule has 1 aliphatic heterocycles. The van der Waals surface area contributed by atoms with Crippen molar-refractivity contribution in [2.75, 3.05) is 23.3 Å². The minimum atomic E-state index is -4.37. The molecule has 0 amide bonds. The molecular formula is C18H17ClF3N3O2.